The fourth-order valence-electron chi connectivity index (χ4n) is 2.85. The third-order valence-corrected chi connectivity index (χ3v) is 4.22. The van der Waals surface area contributed by atoms with Crippen molar-refractivity contribution in [2.24, 2.45) is 0 Å². The van der Waals surface area contributed by atoms with Crippen LogP contribution in [0.15, 0.2) is 77.3 Å². The number of nitrogens with one attached hydrogen (secondary N) is 1. The Morgan fingerprint density at radius 1 is 1.03 bits per heavy atom. The highest BCUT2D eigenvalue weighted by atomic mass is 16.5. The number of aryl methyl sites for hydroxylation is 1. The van der Waals surface area contributed by atoms with Gasteiger partial charge in [-0.25, -0.2) is 9.48 Å². The van der Waals surface area contributed by atoms with Crippen LogP contribution >= 0.6 is 0 Å². The van der Waals surface area contributed by atoms with Gasteiger partial charge in [-0.2, -0.15) is 5.10 Å². The Hall–Kier alpha value is -4.20. The number of rotatable bonds is 6. The predicted molar refractivity (Wildman–Crippen MR) is 109 cm³/mol. The molecule has 1 N–H and O–H groups in total. The molecule has 0 aliphatic rings. The number of amides is 1. The van der Waals surface area contributed by atoms with Gasteiger partial charge in [-0.15, -0.1) is 0 Å². The Morgan fingerprint density at radius 2 is 1.73 bits per heavy atom. The third kappa shape index (κ3) is 4.27. The number of hydrogen-bond donors (Lipinski definition) is 1. The van der Waals surface area contributed by atoms with Crippen LogP contribution in [0.1, 0.15) is 16.2 Å². The van der Waals surface area contributed by atoms with Crippen LogP contribution < -0.4 is 5.32 Å². The van der Waals surface area contributed by atoms with Crippen LogP contribution in [0.5, 0.6) is 0 Å². The first kappa shape index (κ1) is 19.1. The molecule has 0 atom stereocenters. The van der Waals surface area contributed by atoms with Crippen molar-refractivity contribution >= 4 is 17.7 Å². The fraction of sp³-hybridized carbons (Fsp3) is 0.0909. The van der Waals surface area contributed by atoms with E-state index in [1.54, 1.807) is 19.1 Å². The molecule has 0 bridgehead atoms. The SMILES string of the molecule is Cc1cc(NC(=O)COC(=O)c2cc(-c3ccccc3)nn2-c2ccccc2)no1. The number of nitrogens with zero attached hydrogens (tertiary/aromatic N) is 3. The van der Waals surface area contributed by atoms with E-state index >= 15 is 0 Å². The van der Waals surface area contributed by atoms with E-state index in [0.29, 0.717) is 17.1 Å². The lowest BCUT2D eigenvalue weighted by Crippen LogP contribution is -2.22. The number of carbonyl (C=O) groups excluding carboxylic acids is 2. The van der Waals surface area contributed by atoms with Crippen molar-refractivity contribution < 1.29 is 18.8 Å². The van der Waals surface area contributed by atoms with Gasteiger partial charge in [0, 0.05) is 11.6 Å². The van der Waals surface area contributed by atoms with E-state index in [0.717, 1.165) is 5.56 Å². The van der Waals surface area contributed by atoms with Crippen LogP contribution in [0.4, 0.5) is 5.82 Å². The number of aromatic nitrogens is 3. The van der Waals surface area contributed by atoms with Gasteiger partial charge in [0.25, 0.3) is 5.91 Å². The van der Waals surface area contributed by atoms with Crippen LogP contribution in [0.25, 0.3) is 16.9 Å². The second-order valence-electron chi connectivity index (χ2n) is 6.48. The van der Waals surface area contributed by atoms with E-state index in [2.05, 4.69) is 15.6 Å². The van der Waals surface area contributed by atoms with Crippen LogP contribution in [0, 0.1) is 6.92 Å². The molecule has 2 heterocycles. The molecular formula is C22H18N4O4. The van der Waals surface area contributed by atoms with E-state index in [1.807, 2.05) is 60.7 Å². The molecule has 0 aliphatic heterocycles. The number of anilines is 1. The summed E-state index contributed by atoms with van der Waals surface area (Å²) in [5.41, 5.74) is 2.40. The van der Waals surface area contributed by atoms with Gasteiger partial charge >= 0.3 is 5.97 Å². The van der Waals surface area contributed by atoms with Crippen molar-refractivity contribution in [2.75, 3.05) is 11.9 Å². The summed E-state index contributed by atoms with van der Waals surface area (Å²) in [5.74, 6) is -0.373. The average Bonchev–Trinajstić information content (AvgIpc) is 3.40. The first-order chi connectivity index (χ1) is 14.6. The summed E-state index contributed by atoms with van der Waals surface area (Å²) >= 11 is 0. The summed E-state index contributed by atoms with van der Waals surface area (Å²) < 4.78 is 11.6. The van der Waals surface area contributed by atoms with E-state index in [9.17, 15) is 9.59 Å². The molecule has 30 heavy (non-hydrogen) atoms. The zero-order chi connectivity index (χ0) is 20.9. The van der Waals surface area contributed by atoms with E-state index in [-0.39, 0.29) is 11.5 Å². The summed E-state index contributed by atoms with van der Waals surface area (Å²) in [6, 6.07) is 21.9. The second-order valence-corrected chi connectivity index (χ2v) is 6.48. The lowest BCUT2D eigenvalue weighted by atomic mass is 10.1. The second kappa shape index (κ2) is 8.44. The Labute approximate surface area is 172 Å². The highest BCUT2D eigenvalue weighted by Gasteiger charge is 2.20. The van der Waals surface area contributed by atoms with Crippen molar-refractivity contribution in [3.63, 3.8) is 0 Å². The third-order valence-electron chi connectivity index (χ3n) is 4.22. The molecule has 150 valence electrons. The molecule has 4 aromatic rings. The monoisotopic (exact) mass is 402 g/mol. The molecule has 8 heteroatoms. The molecule has 2 aromatic carbocycles. The number of para-hydroxylation sites is 1. The molecule has 0 radical (unpaired) electrons. The summed E-state index contributed by atoms with van der Waals surface area (Å²) in [6.45, 7) is 1.24. The van der Waals surface area contributed by atoms with Crippen molar-refractivity contribution in [3.8, 4) is 16.9 Å². The lowest BCUT2D eigenvalue weighted by molar-refractivity contribution is -0.119. The smallest absolute Gasteiger partial charge is 0.357 e. The highest BCUT2D eigenvalue weighted by molar-refractivity contribution is 5.95. The number of carbonyl (C=O) groups is 2. The Balaban J connectivity index is 1.55. The summed E-state index contributed by atoms with van der Waals surface area (Å²) in [7, 11) is 0. The van der Waals surface area contributed by atoms with Gasteiger partial charge in [-0.1, -0.05) is 53.7 Å². The van der Waals surface area contributed by atoms with Gasteiger partial charge < -0.3 is 14.6 Å². The minimum atomic E-state index is -0.667. The zero-order valence-electron chi connectivity index (χ0n) is 16.1. The molecule has 4 rings (SSSR count). The van der Waals surface area contributed by atoms with Crippen molar-refractivity contribution in [1.29, 1.82) is 0 Å². The van der Waals surface area contributed by atoms with Crippen molar-refractivity contribution in [1.82, 2.24) is 14.9 Å². The molecule has 0 saturated carbocycles. The largest absolute Gasteiger partial charge is 0.451 e. The van der Waals surface area contributed by atoms with Crippen LogP contribution in [0.2, 0.25) is 0 Å². The topological polar surface area (TPSA) is 99.2 Å². The van der Waals surface area contributed by atoms with Crippen molar-refractivity contribution in [3.05, 3.63) is 84.3 Å². The number of ether oxygens (including phenoxy) is 1. The number of benzene rings is 2. The Morgan fingerprint density at radius 3 is 2.40 bits per heavy atom. The summed E-state index contributed by atoms with van der Waals surface area (Å²) in [5, 5.41) is 10.7. The molecule has 0 fully saturated rings. The molecule has 0 unspecified atom stereocenters. The maximum atomic E-state index is 12.7. The van der Waals surface area contributed by atoms with Gasteiger partial charge in [0.1, 0.15) is 5.76 Å². The molecule has 0 spiro atoms. The van der Waals surface area contributed by atoms with Crippen LogP contribution in [-0.2, 0) is 9.53 Å². The van der Waals surface area contributed by atoms with Gasteiger partial charge in [0.2, 0.25) is 0 Å². The van der Waals surface area contributed by atoms with Crippen LogP contribution in [-0.4, -0.2) is 33.4 Å². The minimum absolute atomic E-state index is 0.213. The number of esters is 1. The van der Waals surface area contributed by atoms with Crippen molar-refractivity contribution in [2.45, 2.75) is 6.92 Å². The van der Waals surface area contributed by atoms with Gasteiger partial charge in [-0.05, 0) is 25.1 Å². The quantitative estimate of drug-likeness (QED) is 0.495. The molecule has 2 aromatic heterocycles. The van der Waals surface area contributed by atoms with E-state index < -0.39 is 18.5 Å². The minimum Gasteiger partial charge on any atom is -0.451 e. The van der Waals surface area contributed by atoms with Gasteiger partial charge in [0.15, 0.2) is 18.1 Å². The lowest BCUT2D eigenvalue weighted by Gasteiger charge is -2.07. The molecule has 8 nitrogen and oxygen atoms in total. The van der Waals surface area contributed by atoms with Gasteiger partial charge in [-0.3, -0.25) is 4.79 Å². The van der Waals surface area contributed by atoms with Gasteiger partial charge in [0.05, 0.1) is 11.4 Å². The fourth-order valence-corrected chi connectivity index (χ4v) is 2.85. The Kier molecular flexibility index (Phi) is 5.38. The molecule has 0 saturated heterocycles. The maximum absolute atomic E-state index is 12.7. The average molecular weight is 402 g/mol. The summed E-state index contributed by atoms with van der Waals surface area (Å²) in [6.07, 6.45) is 0. The molecule has 1 amide bonds. The number of hydrogen-bond acceptors (Lipinski definition) is 6. The molecule has 0 aliphatic carbocycles. The summed E-state index contributed by atoms with van der Waals surface area (Å²) in [4.78, 5) is 24.8. The maximum Gasteiger partial charge on any atom is 0.357 e. The van der Waals surface area contributed by atoms with Crippen LogP contribution in [0.3, 0.4) is 0 Å². The molecular weight excluding hydrogens is 384 g/mol. The zero-order valence-corrected chi connectivity index (χ0v) is 16.1. The Bertz CT molecular complexity index is 1170. The normalized spacial score (nSPS) is 10.6. The highest BCUT2D eigenvalue weighted by Crippen LogP contribution is 2.22. The van der Waals surface area contributed by atoms with E-state index in [4.69, 9.17) is 9.26 Å². The first-order valence-electron chi connectivity index (χ1n) is 9.21. The standard InChI is InChI=1S/C22H18N4O4/c1-15-12-20(25-30-15)23-21(27)14-29-22(28)19-13-18(16-8-4-2-5-9-16)24-26(19)17-10-6-3-7-11-17/h2-13H,14H2,1H3,(H,23,25,27). The first-order valence-corrected chi connectivity index (χ1v) is 9.21. The van der Waals surface area contributed by atoms with E-state index in [1.165, 1.54) is 4.68 Å². The predicted octanol–water partition coefficient (Wildman–Crippen LogP) is 3.63.